The molecule has 104 valence electrons. The molecule has 1 aliphatic carbocycles. The molecular formula is C16H18N2OS. The maximum atomic E-state index is 12.5. The van der Waals surface area contributed by atoms with Crippen LogP contribution in [0, 0.1) is 0 Å². The quantitative estimate of drug-likeness (QED) is 0.931. The predicted molar refractivity (Wildman–Crippen MR) is 81.0 cm³/mol. The predicted octanol–water partition coefficient (Wildman–Crippen LogP) is 3.69. The summed E-state index contributed by atoms with van der Waals surface area (Å²) in [6, 6.07) is 7.88. The molecule has 3 rings (SSSR count). The van der Waals surface area contributed by atoms with Gasteiger partial charge in [-0.05, 0) is 36.8 Å². The average molecular weight is 286 g/mol. The van der Waals surface area contributed by atoms with E-state index in [1.165, 1.54) is 18.4 Å². The Bertz CT molecular complexity index is 617. The molecule has 4 heteroatoms. The van der Waals surface area contributed by atoms with Crippen LogP contribution in [0.15, 0.2) is 35.2 Å². The first-order chi connectivity index (χ1) is 9.60. The van der Waals surface area contributed by atoms with Crippen LogP contribution in [0.1, 0.15) is 54.3 Å². The van der Waals surface area contributed by atoms with Crippen LogP contribution in [-0.2, 0) is 5.41 Å². The molecule has 1 N–H and O–H groups in total. The Labute approximate surface area is 123 Å². The number of nitrogens with zero attached hydrogens (tertiary/aromatic N) is 1. The zero-order valence-corrected chi connectivity index (χ0v) is 12.5. The molecule has 20 heavy (non-hydrogen) atoms. The van der Waals surface area contributed by atoms with E-state index in [-0.39, 0.29) is 17.4 Å². The number of carbonyl (C=O) groups excluding carboxylic acids is 1. The summed E-state index contributed by atoms with van der Waals surface area (Å²) in [7, 11) is 0. The molecule has 1 aromatic carbocycles. The number of aromatic nitrogens is 1. The normalized spacial score (nSPS) is 17.5. The number of amides is 1. The Morgan fingerprint density at radius 1 is 1.40 bits per heavy atom. The molecule has 2 aromatic rings. The summed E-state index contributed by atoms with van der Waals surface area (Å²) in [4.78, 5) is 16.8. The molecule has 1 amide bonds. The maximum Gasteiger partial charge on any atom is 0.252 e. The van der Waals surface area contributed by atoms with Crippen molar-refractivity contribution in [3.63, 3.8) is 0 Å². The zero-order valence-electron chi connectivity index (χ0n) is 11.7. The summed E-state index contributed by atoms with van der Waals surface area (Å²) in [5.41, 5.74) is 4.87. The molecule has 1 atom stereocenters. The van der Waals surface area contributed by atoms with E-state index in [0.717, 1.165) is 11.3 Å². The van der Waals surface area contributed by atoms with E-state index in [2.05, 4.69) is 23.3 Å². The van der Waals surface area contributed by atoms with E-state index in [0.29, 0.717) is 0 Å². The number of carbonyl (C=O) groups is 1. The highest BCUT2D eigenvalue weighted by Crippen LogP contribution is 2.48. The van der Waals surface area contributed by atoms with Crippen molar-refractivity contribution in [2.45, 2.75) is 38.1 Å². The van der Waals surface area contributed by atoms with E-state index in [1.54, 1.807) is 16.8 Å². The molecule has 3 nitrogen and oxygen atoms in total. The van der Waals surface area contributed by atoms with Gasteiger partial charge in [0.15, 0.2) is 0 Å². The highest BCUT2D eigenvalue weighted by molar-refractivity contribution is 7.07. The van der Waals surface area contributed by atoms with Gasteiger partial charge >= 0.3 is 0 Å². The van der Waals surface area contributed by atoms with Gasteiger partial charge in [0.05, 0.1) is 17.2 Å². The van der Waals surface area contributed by atoms with Gasteiger partial charge < -0.3 is 5.32 Å². The van der Waals surface area contributed by atoms with Crippen LogP contribution < -0.4 is 5.32 Å². The van der Waals surface area contributed by atoms with Crippen LogP contribution in [0.3, 0.4) is 0 Å². The summed E-state index contributed by atoms with van der Waals surface area (Å²) in [6.07, 6.45) is 2.33. The molecule has 0 aliphatic heterocycles. The van der Waals surface area contributed by atoms with Gasteiger partial charge in [0, 0.05) is 10.9 Å². The first kappa shape index (κ1) is 13.3. The van der Waals surface area contributed by atoms with E-state index < -0.39 is 0 Å². The minimum absolute atomic E-state index is 0.00535. The summed E-state index contributed by atoms with van der Waals surface area (Å²) in [5.74, 6) is -0.00535. The fraction of sp³-hybridized carbons (Fsp3) is 0.375. The van der Waals surface area contributed by atoms with Crippen molar-refractivity contribution in [2.75, 3.05) is 0 Å². The third-order valence-electron chi connectivity index (χ3n) is 4.06. The second kappa shape index (κ2) is 5.02. The summed E-state index contributed by atoms with van der Waals surface area (Å²) in [5, 5.41) is 5.02. The molecule has 0 spiro atoms. The summed E-state index contributed by atoms with van der Waals surface area (Å²) in [6.45, 7) is 4.19. The Hall–Kier alpha value is -1.68. The van der Waals surface area contributed by atoms with Crippen LogP contribution in [0.5, 0.6) is 0 Å². The van der Waals surface area contributed by atoms with Gasteiger partial charge in [-0.2, -0.15) is 0 Å². The SMILES string of the molecule is CC(NC(=O)c1ccccc1C1(C)CC1)c1cscn1. The highest BCUT2D eigenvalue weighted by Gasteiger charge is 2.41. The van der Waals surface area contributed by atoms with Gasteiger partial charge in [0.2, 0.25) is 0 Å². The van der Waals surface area contributed by atoms with E-state index in [4.69, 9.17) is 0 Å². The zero-order chi connectivity index (χ0) is 14.2. The van der Waals surface area contributed by atoms with Crippen LogP contribution in [0.4, 0.5) is 0 Å². The summed E-state index contributed by atoms with van der Waals surface area (Å²) >= 11 is 1.55. The summed E-state index contributed by atoms with van der Waals surface area (Å²) < 4.78 is 0. The Morgan fingerprint density at radius 3 is 2.80 bits per heavy atom. The second-order valence-electron chi connectivity index (χ2n) is 5.71. The minimum atomic E-state index is -0.0613. The van der Waals surface area contributed by atoms with Crippen LogP contribution >= 0.6 is 11.3 Å². The fourth-order valence-corrected chi connectivity index (χ4v) is 3.10. The third kappa shape index (κ3) is 2.48. The fourth-order valence-electron chi connectivity index (χ4n) is 2.45. The smallest absolute Gasteiger partial charge is 0.252 e. The van der Waals surface area contributed by atoms with Crippen molar-refractivity contribution >= 4 is 17.2 Å². The Kier molecular flexibility index (Phi) is 3.34. The van der Waals surface area contributed by atoms with Crippen molar-refractivity contribution in [1.82, 2.24) is 10.3 Å². The van der Waals surface area contributed by atoms with Crippen LogP contribution in [-0.4, -0.2) is 10.9 Å². The first-order valence-corrected chi connectivity index (χ1v) is 7.83. The highest BCUT2D eigenvalue weighted by atomic mass is 32.1. The Balaban J connectivity index is 1.81. The molecule has 0 bridgehead atoms. The van der Waals surface area contributed by atoms with Gasteiger partial charge in [-0.15, -0.1) is 11.3 Å². The first-order valence-electron chi connectivity index (χ1n) is 6.89. The second-order valence-corrected chi connectivity index (χ2v) is 6.43. The standard InChI is InChI=1S/C16H18N2OS/c1-11(14-9-20-10-17-14)18-15(19)12-5-3-4-6-13(12)16(2)7-8-16/h3-6,9-11H,7-8H2,1-2H3,(H,18,19). The van der Waals surface area contributed by atoms with Crippen LogP contribution in [0.25, 0.3) is 0 Å². The maximum absolute atomic E-state index is 12.5. The lowest BCUT2D eigenvalue weighted by Crippen LogP contribution is -2.28. The van der Waals surface area contributed by atoms with Crippen molar-refractivity contribution in [2.24, 2.45) is 0 Å². The molecule has 1 aromatic heterocycles. The number of hydrogen-bond donors (Lipinski definition) is 1. The van der Waals surface area contributed by atoms with E-state index in [9.17, 15) is 4.79 Å². The molecule has 1 fully saturated rings. The molecule has 1 unspecified atom stereocenters. The van der Waals surface area contributed by atoms with Gasteiger partial charge in [-0.3, -0.25) is 4.79 Å². The van der Waals surface area contributed by atoms with Crippen molar-refractivity contribution in [3.8, 4) is 0 Å². The lowest BCUT2D eigenvalue weighted by atomic mass is 9.92. The van der Waals surface area contributed by atoms with Gasteiger partial charge in [-0.1, -0.05) is 25.1 Å². The monoisotopic (exact) mass is 286 g/mol. The number of hydrogen-bond acceptors (Lipinski definition) is 3. The van der Waals surface area contributed by atoms with Crippen LogP contribution in [0.2, 0.25) is 0 Å². The topological polar surface area (TPSA) is 42.0 Å². The number of benzene rings is 1. The molecule has 1 saturated carbocycles. The molecule has 0 saturated heterocycles. The van der Waals surface area contributed by atoms with Crippen molar-refractivity contribution in [1.29, 1.82) is 0 Å². The third-order valence-corrected chi connectivity index (χ3v) is 4.67. The van der Waals surface area contributed by atoms with E-state index >= 15 is 0 Å². The van der Waals surface area contributed by atoms with Gasteiger partial charge in [-0.25, -0.2) is 4.98 Å². The number of nitrogens with one attached hydrogen (secondary N) is 1. The lowest BCUT2D eigenvalue weighted by Gasteiger charge is -2.17. The molecule has 0 radical (unpaired) electrons. The van der Waals surface area contributed by atoms with Gasteiger partial charge in [0.1, 0.15) is 0 Å². The minimum Gasteiger partial charge on any atom is -0.344 e. The molecular weight excluding hydrogens is 268 g/mol. The Morgan fingerprint density at radius 2 is 2.15 bits per heavy atom. The largest absolute Gasteiger partial charge is 0.344 e. The molecule has 1 aliphatic rings. The molecule has 1 heterocycles. The number of rotatable bonds is 4. The van der Waals surface area contributed by atoms with Crippen molar-refractivity contribution in [3.05, 3.63) is 52.0 Å². The van der Waals surface area contributed by atoms with Gasteiger partial charge in [0.25, 0.3) is 5.91 Å². The lowest BCUT2D eigenvalue weighted by molar-refractivity contribution is 0.0937. The number of thiazole rings is 1. The van der Waals surface area contributed by atoms with E-state index in [1.807, 2.05) is 30.5 Å². The van der Waals surface area contributed by atoms with Crippen molar-refractivity contribution < 1.29 is 4.79 Å². The average Bonchev–Trinajstić information content (AvgIpc) is 2.99.